The van der Waals surface area contributed by atoms with Crippen molar-refractivity contribution in [2.75, 3.05) is 6.61 Å². The van der Waals surface area contributed by atoms with Crippen molar-refractivity contribution in [1.29, 1.82) is 0 Å². The number of fused-ring (bicyclic) bond motifs is 1. The highest BCUT2D eigenvalue weighted by Crippen LogP contribution is 2.30. The Morgan fingerprint density at radius 3 is 2.22 bits per heavy atom. The molecule has 1 saturated heterocycles. The third kappa shape index (κ3) is 6.60. The van der Waals surface area contributed by atoms with Gasteiger partial charge in [-0.25, -0.2) is 4.79 Å². The molecule has 36 heavy (non-hydrogen) atoms. The minimum Gasteiger partial charge on any atom is -0.463 e. The Balaban J connectivity index is 2.02. The molecule has 0 saturated carbocycles. The van der Waals surface area contributed by atoms with E-state index in [9.17, 15) is 24.0 Å². The van der Waals surface area contributed by atoms with Crippen molar-refractivity contribution in [2.45, 2.75) is 65.3 Å². The first kappa shape index (κ1) is 26.7. The molecule has 0 radical (unpaired) electrons. The smallest absolute Gasteiger partial charge is 0.336 e. The topological polar surface area (TPSA) is 157 Å². The molecule has 1 aromatic carbocycles. The van der Waals surface area contributed by atoms with Gasteiger partial charge in [0, 0.05) is 45.2 Å². The fourth-order valence-electron chi connectivity index (χ4n) is 3.90. The molecular formula is C24H27NO11. The monoisotopic (exact) mass is 505 g/mol. The molecule has 0 bridgehead atoms. The average molecular weight is 505 g/mol. The second-order valence-corrected chi connectivity index (χ2v) is 8.24. The van der Waals surface area contributed by atoms with Crippen molar-refractivity contribution in [2.24, 2.45) is 0 Å². The van der Waals surface area contributed by atoms with Crippen molar-refractivity contribution >= 4 is 34.8 Å². The quantitative estimate of drug-likeness (QED) is 0.327. The standard InChI is InChI=1S/C24H27NO11/c1-11-8-20(30)35-18-9-16(6-7-17(11)18)34-24-21(25-12(2)26)23(33-15(5)29)22(32-14(4)28)19(36-24)10-31-13(3)27/h6-9,19,21-24H,10H2,1-5H3,(H,25,26)/t19-,21+,22-,23-,24-/m1/s1. The summed E-state index contributed by atoms with van der Waals surface area (Å²) in [7, 11) is 0. The zero-order chi connectivity index (χ0) is 26.6. The third-order valence-corrected chi connectivity index (χ3v) is 5.25. The van der Waals surface area contributed by atoms with Crippen LogP contribution >= 0.6 is 0 Å². The van der Waals surface area contributed by atoms with Gasteiger partial charge in [-0.15, -0.1) is 0 Å². The maximum Gasteiger partial charge on any atom is 0.336 e. The van der Waals surface area contributed by atoms with E-state index in [2.05, 4.69) is 5.32 Å². The van der Waals surface area contributed by atoms with Crippen molar-refractivity contribution in [3.05, 3.63) is 40.2 Å². The molecule has 0 spiro atoms. The van der Waals surface area contributed by atoms with E-state index in [1.807, 2.05) is 0 Å². The number of nitrogens with one attached hydrogen (secondary N) is 1. The molecule has 1 aliphatic rings. The van der Waals surface area contributed by atoms with Gasteiger partial charge in [0.25, 0.3) is 0 Å². The predicted octanol–water partition coefficient (Wildman–Crippen LogP) is 1.14. The molecule has 0 unspecified atom stereocenters. The van der Waals surface area contributed by atoms with Crippen LogP contribution in [0.25, 0.3) is 11.0 Å². The lowest BCUT2D eigenvalue weighted by molar-refractivity contribution is -0.257. The molecule has 0 aliphatic carbocycles. The summed E-state index contributed by atoms with van der Waals surface area (Å²) in [5, 5.41) is 3.30. The molecule has 3 rings (SSSR count). The summed E-state index contributed by atoms with van der Waals surface area (Å²) in [6.07, 6.45) is -4.90. The maximum atomic E-state index is 12.0. The predicted molar refractivity (Wildman–Crippen MR) is 122 cm³/mol. The van der Waals surface area contributed by atoms with Crippen LogP contribution in [0, 0.1) is 6.92 Å². The fourth-order valence-corrected chi connectivity index (χ4v) is 3.90. The molecule has 194 valence electrons. The average Bonchev–Trinajstić information content (AvgIpc) is 2.75. The number of carbonyl (C=O) groups excluding carboxylic acids is 4. The Bertz CT molecular complexity index is 1220. The number of amides is 1. The van der Waals surface area contributed by atoms with Crippen LogP contribution in [0.4, 0.5) is 0 Å². The summed E-state index contributed by atoms with van der Waals surface area (Å²) in [6, 6.07) is 4.98. The largest absolute Gasteiger partial charge is 0.463 e. The van der Waals surface area contributed by atoms with E-state index in [1.54, 1.807) is 19.1 Å². The first-order valence-electron chi connectivity index (χ1n) is 11.1. The molecule has 1 aromatic heterocycles. The van der Waals surface area contributed by atoms with Gasteiger partial charge in [-0.2, -0.15) is 0 Å². The van der Waals surface area contributed by atoms with Gasteiger partial charge in [-0.1, -0.05) is 0 Å². The summed E-state index contributed by atoms with van der Waals surface area (Å²) in [6.45, 7) is 6.12. The number of aryl methyl sites for hydroxylation is 1. The van der Waals surface area contributed by atoms with E-state index in [1.165, 1.54) is 26.0 Å². The van der Waals surface area contributed by atoms with Gasteiger partial charge in [-0.05, 0) is 24.6 Å². The van der Waals surface area contributed by atoms with E-state index < -0.39 is 60.1 Å². The summed E-state index contributed by atoms with van der Waals surface area (Å²) in [4.78, 5) is 59.0. The molecule has 2 heterocycles. The Morgan fingerprint density at radius 1 is 0.944 bits per heavy atom. The summed E-state index contributed by atoms with van der Waals surface area (Å²) in [5.74, 6) is -2.35. The van der Waals surface area contributed by atoms with Crippen LogP contribution in [0.1, 0.15) is 33.3 Å². The van der Waals surface area contributed by atoms with E-state index >= 15 is 0 Å². The van der Waals surface area contributed by atoms with Crippen LogP contribution in [0.15, 0.2) is 33.5 Å². The Hall–Kier alpha value is -3.93. The van der Waals surface area contributed by atoms with Crippen molar-refractivity contribution < 1.29 is 47.3 Å². The molecule has 2 aromatic rings. The highest BCUT2D eigenvalue weighted by molar-refractivity contribution is 5.81. The highest BCUT2D eigenvalue weighted by atomic mass is 16.7. The van der Waals surface area contributed by atoms with Crippen molar-refractivity contribution in [3.63, 3.8) is 0 Å². The number of hydrogen-bond donors (Lipinski definition) is 1. The second kappa shape index (κ2) is 11.2. The first-order valence-corrected chi connectivity index (χ1v) is 11.1. The van der Waals surface area contributed by atoms with E-state index in [0.717, 1.165) is 13.8 Å². The number of benzene rings is 1. The van der Waals surface area contributed by atoms with Crippen LogP contribution in [-0.4, -0.2) is 61.1 Å². The first-order chi connectivity index (χ1) is 16.9. The van der Waals surface area contributed by atoms with Gasteiger partial charge in [0.05, 0.1) is 0 Å². The number of rotatable bonds is 7. The molecule has 1 fully saturated rings. The SMILES string of the molecule is CC(=O)N[C@@H]1[C@H](Oc2ccc3c(C)cc(=O)oc3c2)O[C@H](COC(C)=O)[C@@H](OC(C)=O)[C@@H]1OC(C)=O. The molecule has 1 amide bonds. The van der Waals surface area contributed by atoms with Crippen molar-refractivity contribution in [3.8, 4) is 5.75 Å². The maximum absolute atomic E-state index is 12.0. The fraction of sp³-hybridized carbons (Fsp3) is 0.458. The minimum absolute atomic E-state index is 0.204. The molecule has 12 heteroatoms. The lowest BCUT2D eigenvalue weighted by atomic mass is 9.96. The highest BCUT2D eigenvalue weighted by Gasteiger charge is 2.52. The Morgan fingerprint density at radius 2 is 1.61 bits per heavy atom. The van der Waals surface area contributed by atoms with Gasteiger partial charge in [-0.3, -0.25) is 19.2 Å². The van der Waals surface area contributed by atoms with Gasteiger partial charge in [0.2, 0.25) is 12.2 Å². The summed E-state index contributed by atoms with van der Waals surface area (Å²) in [5.41, 5.74) is 0.427. The lowest BCUT2D eigenvalue weighted by Crippen LogP contribution is -2.67. The zero-order valence-electron chi connectivity index (χ0n) is 20.4. The molecule has 5 atom stereocenters. The molecule has 1 aliphatic heterocycles. The van der Waals surface area contributed by atoms with Crippen LogP contribution in [0.3, 0.4) is 0 Å². The van der Waals surface area contributed by atoms with Crippen LogP contribution in [-0.2, 0) is 38.1 Å². The molecule has 1 N–H and O–H groups in total. The minimum atomic E-state index is -1.29. The number of carbonyl (C=O) groups is 4. The zero-order valence-corrected chi connectivity index (χ0v) is 20.4. The van der Waals surface area contributed by atoms with Gasteiger partial charge >= 0.3 is 23.5 Å². The van der Waals surface area contributed by atoms with Gasteiger partial charge in [0.1, 0.15) is 30.1 Å². The summed E-state index contributed by atoms with van der Waals surface area (Å²) < 4.78 is 33.1. The van der Waals surface area contributed by atoms with E-state index in [4.69, 9.17) is 28.1 Å². The Labute approximate surface area is 205 Å². The van der Waals surface area contributed by atoms with Crippen molar-refractivity contribution in [1.82, 2.24) is 5.32 Å². The van der Waals surface area contributed by atoms with E-state index in [0.29, 0.717) is 10.9 Å². The van der Waals surface area contributed by atoms with Crippen LogP contribution < -0.4 is 15.7 Å². The van der Waals surface area contributed by atoms with Gasteiger partial charge < -0.3 is 33.4 Å². The number of ether oxygens (including phenoxy) is 5. The van der Waals surface area contributed by atoms with Crippen LogP contribution in [0.2, 0.25) is 0 Å². The van der Waals surface area contributed by atoms with Gasteiger partial charge in [0.15, 0.2) is 12.2 Å². The third-order valence-electron chi connectivity index (χ3n) is 5.25. The molecular weight excluding hydrogens is 478 g/mol. The normalized spacial score (nSPS) is 23.4. The number of hydrogen-bond acceptors (Lipinski definition) is 11. The number of esters is 3. The lowest BCUT2D eigenvalue weighted by Gasteiger charge is -2.44. The second-order valence-electron chi connectivity index (χ2n) is 8.24. The van der Waals surface area contributed by atoms with E-state index in [-0.39, 0.29) is 17.9 Å². The molecule has 12 nitrogen and oxygen atoms in total. The summed E-state index contributed by atoms with van der Waals surface area (Å²) >= 11 is 0. The van der Waals surface area contributed by atoms with Crippen LogP contribution in [0.5, 0.6) is 5.75 Å². The Kier molecular flexibility index (Phi) is 8.30.